The molecule has 0 aliphatic rings. The van der Waals surface area contributed by atoms with Gasteiger partial charge in [0.05, 0.1) is 12.7 Å². The molecule has 0 bridgehead atoms. The van der Waals surface area contributed by atoms with Crippen molar-refractivity contribution in [3.63, 3.8) is 0 Å². The van der Waals surface area contributed by atoms with Crippen LogP contribution in [0.5, 0.6) is 5.75 Å². The maximum Gasteiger partial charge on any atom is 0.225 e. The van der Waals surface area contributed by atoms with E-state index in [0.29, 0.717) is 51.8 Å². The molecular weight excluding hydrogens is 596 g/mol. The molecule has 2 amide bonds. The highest BCUT2D eigenvalue weighted by atomic mass is 16.5. The third kappa shape index (κ3) is 22.8. The van der Waals surface area contributed by atoms with Gasteiger partial charge in [0.2, 0.25) is 11.8 Å². The molecule has 0 fully saturated rings. The smallest absolute Gasteiger partial charge is 0.225 e. The Morgan fingerprint density at radius 3 is 1.88 bits per heavy atom. The minimum absolute atomic E-state index is 0.0154. The molecule has 1 unspecified atom stereocenters. The third-order valence-corrected chi connectivity index (χ3v) is 7.86. The van der Waals surface area contributed by atoms with E-state index in [4.69, 9.17) is 4.74 Å². The van der Waals surface area contributed by atoms with Gasteiger partial charge >= 0.3 is 0 Å². The van der Waals surface area contributed by atoms with Gasteiger partial charge in [0.1, 0.15) is 5.75 Å². The molecule has 0 heterocycles. The van der Waals surface area contributed by atoms with Crippen LogP contribution in [0, 0.1) is 19.3 Å². The summed E-state index contributed by atoms with van der Waals surface area (Å²) in [5, 5.41) is 16.1. The Morgan fingerprint density at radius 2 is 1.31 bits per heavy atom. The monoisotopic (exact) mass is 660 g/mol. The molecule has 6 heteroatoms. The lowest BCUT2D eigenvalue weighted by Gasteiger charge is -2.24. The standard InChI is InChI=1S/C42H64N2O4/c1-6-7-8-9-10-11-12-13-14-15-16-17-18-19-20-21-22-23-24-26-40(46)43-32-29-38(45)30-33-44-41(47)42(4,5)31-25-34-48-39-35-36(2)27-28-37(39)3/h7-8,10-11,13-14,16-17,19-20,22-23,27-28,35,38,45H,6,9,12,15,18,21,24-26,29-34H2,1-5H3,(H,43,46)(H,44,47)/b8-7-,11-10-,14-13-,17-16-,20-19-,23-22-. The first-order valence-corrected chi connectivity index (χ1v) is 18.0. The average molecular weight is 661 g/mol. The molecule has 1 rings (SSSR count). The zero-order valence-electron chi connectivity index (χ0n) is 30.5. The number of carbonyl (C=O) groups excluding carboxylic acids is 2. The second kappa shape index (κ2) is 27.3. The van der Waals surface area contributed by atoms with Crippen molar-refractivity contribution in [3.8, 4) is 5.75 Å². The Labute approximate surface area is 292 Å². The molecule has 3 N–H and O–H groups in total. The van der Waals surface area contributed by atoms with Crippen LogP contribution >= 0.6 is 0 Å². The number of carbonyl (C=O) groups is 2. The predicted octanol–water partition coefficient (Wildman–Crippen LogP) is 9.34. The molecule has 1 atom stereocenters. The van der Waals surface area contributed by atoms with Gasteiger partial charge < -0.3 is 20.5 Å². The number of allylic oxidation sites excluding steroid dienone is 12. The molecule has 1 aromatic rings. The molecule has 0 spiro atoms. The first kappa shape index (κ1) is 42.4. The highest BCUT2D eigenvalue weighted by Gasteiger charge is 2.26. The summed E-state index contributed by atoms with van der Waals surface area (Å²) in [4.78, 5) is 24.8. The topological polar surface area (TPSA) is 87.7 Å². The zero-order chi connectivity index (χ0) is 35.3. The van der Waals surface area contributed by atoms with Crippen molar-refractivity contribution in [2.45, 2.75) is 118 Å². The van der Waals surface area contributed by atoms with E-state index in [1.54, 1.807) is 0 Å². The number of aliphatic hydroxyl groups is 1. The fourth-order valence-electron chi connectivity index (χ4n) is 4.73. The summed E-state index contributed by atoms with van der Waals surface area (Å²) in [6.07, 6.45) is 34.8. The van der Waals surface area contributed by atoms with Gasteiger partial charge in [-0.15, -0.1) is 0 Å². The lowest BCUT2D eigenvalue weighted by Crippen LogP contribution is -2.38. The van der Waals surface area contributed by atoms with E-state index < -0.39 is 11.5 Å². The summed E-state index contributed by atoms with van der Waals surface area (Å²) in [6.45, 7) is 11.5. The van der Waals surface area contributed by atoms with Crippen molar-refractivity contribution < 1.29 is 19.4 Å². The van der Waals surface area contributed by atoms with Crippen molar-refractivity contribution in [2.24, 2.45) is 5.41 Å². The van der Waals surface area contributed by atoms with Gasteiger partial charge in [-0.1, -0.05) is 106 Å². The van der Waals surface area contributed by atoms with Gasteiger partial charge in [-0.2, -0.15) is 0 Å². The molecule has 0 radical (unpaired) electrons. The van der Waals surface area contributed by atoms with Crippen LogP contribution < -0.4 is 15.4 Å². The van der Waals surface area contributed by atoms with Crippen LogP contribution in [-0.4, -0.2) is 42.7 Å². The van der Waals surface area contributed by atoms with Crippen molar-refractivity contribution in [1.82, 2.24) is 10.6 Å². The summed E-state index contributed by atoms with van der Waals surface area (Å²) < 4.78 is 5.93. The van der Waals surface area contributed by atoms with E-state index in [2.05, 4.69) is 96.5 Å². The Bertz CT molecular complexity index is 1210. The third-order valence-electron chi connectivity index (χ3n) is 7.86. The first-order chi connectivity index (χ1) is 23.2. The molecular formula is C42H64N2O4. The first-order valence-electron chi connectivity index (χ1n) is 18.0. The molecule has 48 heavy (non-hydrogen) atoms. The highest BCUT2D eigenvalue weighted by Crippen LogP contribution is 2.24. The minimum Gasteiger partial charge on any atom is -0.493 e. The number of aliphatic hydroxyl groups excluding tert-OH is 1. The number of nitrogens with one attached hydrogen (secondary N) is 2. The summed E-state index contributed by atoms with van der Waals surface area (Å²) in [7, 11) is 0. The molecule has 0 aliphatic carbocycles. The lowest BCUT2D eigenvalue weighted by atomic mass is 9.87. The molecule has 0 aromatic heterocycles. The van der Waals surface area contributed by atoms with Gasteiger partial charge in [0, 0.05) is 24.9 Å². The van der Waals surface area contributed by atoms with Gasteiger partial charge in [-0.25, -0.2) is 0 Å². The van der Waals surface area contributed by atoms with E-state index in [1.165, 1.54) is 0 Å². The average Bonchev–Trinajstić information content (AvgIpc) is 3.05. The normalized spacial score (nSPS) is 13.2. The minimum atomic E-state index is -0.581. The van der Waals surface area contributed by atoms with Gasteiger partial charge in [0.15, 0.2) is 0 Å². The van der Waals surface area contributed by atoms with Gasteiger partial charge in [-0.05, 0) is 102 Å². The van der Waals surface area contributed by atoms with Crippen LogP contribution in [-0.2, 0) is 9.59 Å². The second-order valence-electron chi connectivity index (χ2n) is 12.9. The Morgan fingerprint density at radius 1 is 0.792 bits per heavy atom. The maximum absolute atomic E-state index is 12.7. The van der Waals surface area contributed by atoms with Gasteiger partial charge in [0.25, 0.3) is 0 Å². The largest absolute Gasteiger partial charge is 0.493 e. The van der Waals surface area contributed by atoms with E-state index in [0.717, 1.165) is 61.8 Å². The fourth-order valence-corrected chi connectivity index (χ4v) is 4.73. The zero-order valence-corrected chi connectivity index (χ0v) is 30.5. The number of amides is 2. The second-order valence-corrected chi connectivity index (χ2v) is 12.9. The van der Waals surface area contributed by atoms with Crippen LogP contribution in [0.3, 0.4) is 0 Å². The summed E-state index contributed by atoms with van der Waals surface area (Å²) in [6, 6.07) is 6.16. The number of ether oxygens (including phenoxy) is 1. The molecule has 266 valence electrons. The van der Waals surface area contributed by atoms with Crippen molar-refractivity contribution in [2.75, 3.05) is 19.7 Å². The van der Waals surface area contributed by atoms with Crippen molar-refractivity contribution in [3.05, 3.63) is 102 Å². The highest BCUT2D eigenvalue weighted by molar-refractivity contribution is 5.81. The summed E-state index contributed by atoms with van der Waals surface area (Å²) >= 11 is 0. The van der Waals surface area contributed by atoms with Gasteiger partial charge in [-0.3, -0.25) is 9.59 Å². The molecule has 0 saturated heterocycles. The Balaban J connectivity index is 2.05. The van der Waals surface area contributed by atoms with Crippen LogP contribution in [0.25, 0.3) is 0 Å². The number of rotatable bonds is 26. The van der Waals surface area contributed by atoms with Crippen LogP contribution in [0.2, 0.25) is 0 Å². The Hall–Kier alpha value is -3.64. The van der Waals surface area contributed by atoms with Crippen molar-refractivity contribution in [1.29, 1.82) is 0 Å². The van der Waals surface area contributed by atoms with Crippen LogP contribution in [0.15, 0.2) is 91.1 Å². The molecule has 1 aromatic carbocycles. The SMILES string of the molecule is CC/C=C\C/C=C\C/C=C\C/C=C\C/C=C\C/C=C\CCC(=O)NCCC(O)CCNC(=O)C(C)(C)CCCOc1cc(C)ccc1C. The molecule has 0 aliphatic heterocycles. The lowest BCUT2D eigenvalue weighted by molar-refractivity contribution is -0.129. The number of benzene rings is 1. The summed E-state index contributed by atoms with van der Waals surface area (Å²) in [5.41, 5.74) is 1.75. The van der Waals surface area contributed by atoms with Crippen molar-refractivity contribution >= 4 is 11.8 Å². The molecule has 0 saturated carbocycles. The quantitative estimate of drug-likeness (QED) is 0.0683. The number of aryl methyl sites for hydroxylation is 2. The maximum atomic E-state index is 12.7. The van der Waals surface area contributed by atoms with E-state index in [1.807, 2.05) is 39.8 Å². The van der Waals surface area contributed by atoms with E-state index in [-0.39, 0.29) is 11.8 Å². The summed E-state index contributed by atoms with van der Waals surface area (Å²) in [5.74, 6) is 0.856. The van der Waals surface area contributed by atoms with Crippen LogP contribution in [0.1, 0.15) is 109 Å². The molecule has 6 nitrogen and oxygen atoms in total. The van der Waals surface area contributed by atoms with Crippen LogP contribution in [0.4, 0.5) is 0 Å². The number of hydrogen-bond donors (Lipinski definition) is 3. The number of hydrogen-bond acceptors (Lipinski definition) is 4. The Kier molecular flexibility index (Phi) is 24.1. The van der Waals surface area contributed by atoms with E-state index >= 15 is 0 Å². The fraction of sp³-hybridized carbons (Fsp3) is 0.524. The van der Waals surface area contributed by atoms with E-state index in [9.17, 15) is 14.7 Å². The predicted molar refractivity (Wildman–Crippen MR) is 203 cm³/mol.